The van der Waals surface area contributed by atoms with Gasteiger partial charge in [-0.3, -0.25) is 9.89 Å². The summed E-state index contributed by atoms with van der Waals surface area (Å²) < 4.78 is 0. The average molecular weight is 222 g/mol. The van der Waals surface area contributed by atoms with Gasteiger partial charge in [0, 0.05) is 12.2 Å². The molecule has 0 radical (unpaired) electrons. The summed E-state index contributed by atoms with van der Waals surface area (Å²) in [6, 6.07) is 2.39. The molecule has 3 N–H and O–H groups in total. The molecule has 0 unspecified atom stereocenters. The Hall–Kier alpha value is -1.36. The lowest BCUT2D eigenvalue weighted by molar-refractivity contribution is -0.120. The molecule has 1 fully saturated rings. The standard InChI is InChI=1S/C11H18N4O/c16-11(8-12-9-3-1-2-4-9)13-7-10-5-6-14-15-10/h5-6,9,12H,1-4,7-8H2,(H,13,16)(H,14,15). The maximum atomic E-state index is 11.5. The van der Waals surface area contributed by atoms with Crippen LogP contribution in [0.2, 0.25) is 0 Å². The molecule has 1 aromatic heterocycles. The van der Waals surface area contributed by atoms with E-state index in [0.717, 1.165) is 5.69 Å². The number of carbonyl (C=O) groups excluding carboxylic acids is 1. The molecule has 0 spiro atoms. The summed E-state index contributed by atoms with van der Waals surface area (Å²) in [5.41, 5.74) is 0.925. The van der Waals surface area contributed by atoms with Crippen LogP contribution in [0, 0.1) is 0 Å². The first kappa shape index (κ1) is 11.1. The molecule has 88 valence electrons. The molecule has 16 heavy (non-hydrogen) atoms. The van der Waals surface area contributed by atoms with E-state index in [1.54, 1.807) is 6.20 Å². The normalized spacial score (nSPS) is 16.5. The van der Waals surface area contributed by atoms with Crippen molar-refractivity contribution in [2.45, 2.75) is 38.3 Å². The smallest absolute Gasteiger partial charge is 0.234 e. The number of amides is 1. The minimum absolute atomic E-state index is 0.0431. The van der Waals surface area contributed by atoms with Crippen molar-refractivity contribution in [2.75, 3.05) is 6.54 Å². The van der Waals surface area contributed by atoms with E-state index in [9.17, 15) is 4.79 Å². The second-order valence-electron chi connectivity index (χ2n) is 4.22. The number of nitrogens with one attached hydrogen (secondary N) is 3. The monoisotopic (exact) mass is 222 g/mol. The van der Waals surface area contributed by atoms with Crippen molar-refractivity contribution in [1.82, 2.24) is 20.8 Å². The van der Waals surface area contributed by atoms with Gasteiger partial charge in [-0.15, -0.1) is 0 Å². The summed E-state index contributed by atoms with van der Waals surface area (Å²) >= 11 is 0. The van der Waals surface area contributed by atoms with E-state index in [0.29, 0.717) is 19.1 Å². The van der Waals surface area contributed by atoms with Crippen LogP contribution in [-0.2, 0) is 11.3 Å². The summed E-state index contributed by atoms with van der Waals surface area (Å²) in [5, 5.41) is 12.7. The number of carbonyl (C=O) groups is 1. The van der Waals surface area contributed by atoms with Gasteiger partial charge in [0.15, 0.2) is 0 Å². The molecule has 0 saturated heterocycles. The zero-order valence-electron chi connectivity index (χ0n) is 9.33. The first-order chi connectivity index (χ1) is 7.84. The molecule has 1 aromatic rings. The second-order valence-corrected chi connectivity index (χ2v) is 4.22. The Kier molecular flexibility index (Phi) is 3.93. The Labute approximate surface area is 95.0 Å². The maximum absolute atomic E-state index is 11.5. The number of hydrogen-bond acceptors (Lipinski definition) is 3. The second kappa shape index (κ2) is 5.65. The minimum Gasteiger partial charge on any atom is -0.349 e. The van der Waals surface area contributed by atoms with E-state index in [-0.39, 0.29) is 5.91 Å². The number of nitrogens with zero attached hydrogens (tertiary/aromatic N) is 1. The molecule has 5 nitrogen and oxygen atoms in total. The van der Waals surface area contributed by atoms with Gasteiger partial charge in [-0.25, -0.2) is 0 Å². The summed E-state index contributed by atoms with van der Waals surface area (Å²) in [4.78, 5) is 11.5. The Morgan fingerprint density at radius 2 is 2.31 bits per heavy atom. The third-order valence-corrected chi connectivity index (χ3v) is 2.94. The van der Waals surface area contributed by atoms with Crippen molar-refractivity contribution in [3.8, 4) is 0 Å². The number of rotatable bonds is 5. The largest absolute Gasteiger partial charge is 0.349 e. The van der Waals surface area contributed by atoms with Gasteiger partial charge in [0.25, 0.3) is 0 Å². The predicted octanol–water partition coefficient (Wildman–Crippen LogP) is 0.558. The van der Waals surface area contributed by atoms with Crippen molar-refractivity contribution in [2.24, 2.45) is 0 Å². The third kappa shape index (κ3) is 3.34. The minimum atomic E-state index is 0.0431. The fourth-order valence-corrected chi connectivity index (χ4v) is 2.01. The lowest BCUT2D eigenvalue weighted by atomic mass is 10.2. The quantitative estimate of drug-likeness (QED) is 0.681. The first-order valence-electron chi connectivity index (χ1n) is 5.83. The number of aromatic amines is 1. The van der Waals surface area contributed by atoms with Crippen LogP contribution in [0.25, 0.3) is 0 Å². The zero-order chi connectivity index (χ0) is 11.2. The van der Waals surface area contributed by atoms with E-state index >= 15 is 0 Å². The fourth-order valence-electron chi connectivity index (χ4n) is 2.01. The highest BCUT2D eigenvalue weighted by molar-refractivity contribution is 5.77. The van der Waals surface area contributed by atoms with Crippen LogP contribution in [0.3, 0.4) is 0 Å². The molecule has 0 atom stereocenters. The van der Waals surface area contributed by atoms with Crippen LogP contribution in [-0.4, -0.2) is 28.7 Å². The summed E-state index contributed by atoms with van der Waals surface area (Å²) in [5.74, 6) is 0.0431. The molecule has 1 aliphatic rings. The number of aromatic nitrogens is 2. The van der Waals surface area contributed by atoms with Crippen molar-refractivity contribution in [3.05, 3.63) is 18.0 Å². The van der Waals surface area contributed by atoms with Crippen molar-refractivity contribution >= 4 is 5.91 Å². The Morgan fingerprint density at radius 3 is 3.00 bits per heavy atom. The molecule has 0 bridgehead atoms. The van der Waals surface area contributed by atoms with Crippen molar-refractivity contribution in [1.29, 1.82) is 0 Å². The van der Waals surface area contributed by atoms with Crippen molar-refractivity contribution < 1.29 is 4.79 Å². The van der Waals surface area contributed by atoms with Gasteiger partial charge in [0.2, 0.25) is 5.91 Å². The highest BCUT2D eigenvalue weighted by Crippen LogP contribution is 2.17. The van der Waals surface area contributed by atoms with Crippen LogP contribution in [0.15, 0.2) is 12.3 Å². The molecule has 0 aliphatic heterocycles. The van der Waals surface area contributed by atoms with Gasteiger partial charge in [-0.05, 0) is 18.9 Å². The molecule has 1 saturated carbocycles. The average Bonchev–Trinajstić information content (AvgIpc) is 2.96. The third-order valence-electron chi connectivity index (χ3n) is 2.94. The highest BCUT2D eigenvalue weighted by atomic mass is 16.1. The summed E-state index contributed by atoms with van der Waals surface area (Å²) in [7, 11) is 0. The molecule has 1 heterocycles. The zero-order valence-corrected chi connectivity index (χ0v) is 9.33. The van der Waals surface area contributed by atoms with Gasteiger partial charge < -0.3 is 10.6 Å². The number of hydrogen-bond donors (Lipinski definition) is 3. The molecule has 1 amide bonds. The molecule has 0 aromatic carbocycles. The lowest BCUT2D eigenvalue weighted by Crippen LogP contribution is -2.37. The van der Waals surface area contributed by atoms with E-state index in [1.807, 2.05) is 6.07 Å². The Balaban J connectivity index is 1.60. The van der Waals surface area contributed by atoms with E-state index in [2.05, 4.69) is 20.8 Å². The van der Waals surface area contributed by atoms with Crippen molar-refractivity contribution in [3.63, 3.8) is 0 Å². The van der Waals surface area contributed by atoms with E-state index in [4.69, 9.17) is 0 Å². The van der Waals surface area contributed by atoms with Gasteiger partial charge in [-0.1, -0.05) is 12.8 Å². The Bertz CT molecular complexity index is 317. The molecule has 1 aliphatic carbocycles. The van der Waals surface area contributed by atoms with Crippen LogP contribution in [0.1, 0.15) is 31.4 Å². The van der Waals surface area contributed by atoms with Crippen LogP contribution >= 0.6 is 0 Å². The Morgan fingerprint density at radius 1 is 1.50 bits per heavy atom. The maximum Gasteiger partial charge on any atom is 0.234 e. The van der Waals surface area contributed by atoms with Crippen LogP contribution in [0.5, 0.6) is 0 Å². The lowest BCUT2D eigenvalue weighted by Gasteiger charge is -2.11. The van der Waals surface area contributed by atoms with Gasteiger partial charge in [-0.2, -0.15) is 5.10 Å². The molecule has 2 rings (SSSR count). The van der Waals surface area contributed by atoms with Gasteiger partial charge in [0.1, 0.15) is 0 Å². The van der Waals surface area contributed by atoms with Gasteiger partial charge in [0.05, 0.1) is 18.8 Å². The summed E-state index contributed by atoms with van der Waals surface area (Å²) in [6.07, 6.45) is 6.65. The molecule has 5 heteroatoms. The topological polar surface area (TPSA) is 69.8 Å². The van der Waals surface area contributed by atoms with Crippen LogP contribution in [0.4, 0.5) is 0 Å². The van der Waals surface area contributed by atoms with E-state index in [1.165, 1.54) is 25.7 Å². The van der Waals surface area contributed by atoms with E-state index < -0.39 is 0 Å². The van der Waals surface area contributed by atoms with Gasteiger partial charge >= 0.3 is 0 Å². The molecular formula is C11H18N4O. The highest BCUT2D eigenvalue weighted by Gasteiger charge is 2.14. The fraction of sp³-hybridized carbons (Fsp3) is 0.636. The van der Waals surface area contributed by atoms with Crippen LogP contribution < -0.4 is 10.6 Å². The summed E-state index contributed by atoms with van der Waals surface area (Å²) in [6.45, 7) is 0.935. The SMILES string of the molecule is O=C(CNC1CCCC1)NCc1ccn[nH]1. The number of H-pyrrole nitrogens is 1. The predicted molar refractivity (Wildman–Crippen MR) is 60.7 cm³/mol. The first-order valence-corrected chi connectivity index (χ1v) is 5.83. The molecular weight excluding hydrogens is 204 g/mol.